The lowest BCUT2D eigenvalue weighted by Crippen LogP contribution is -2.41. The van der Waals surface area contributed by atoms with E-state index in [4.69, 9.17) is 9.47 Å². The van der Waals surface area contributed by atoms with E-state index in [-0.39, 0.29) is 29.3 Å². The van der Waals surface area contributed by atoms with Gasteiger partial charge in [0.15, 0.2) is 11.5 Å². The van der Waals surface area contributed by atoms with Crippen LogP contribution in [0.15, 0.2) is 17.2 Å². The number of phenols is 1. The van der Waals surface area contributed by atoms with Crippen molar-refractivity contribution in [3.63, 3.8) is 0 Å². The minimum absolute atomic E-state index is 0.0739. The molecule has 7 heteroatoms. The maximum Gasteiger partial charge on any atom is 0.335 e. The molecular weight excluding hydrogens is 298 g/mol. The second-order valence-corrected chi connectivity index (χ2v) is 5.45. The summed E-state index contributed by atoms with van der Waals surface area (Å²) in [5.41, 5.74) is 3.08. The average Bonchev–Trinajstić information content (AvgIpc) is 2.57. The van der Waals surface area contributed by atoms with Gasteiger partial charge in [0.2, 0.25) is 5.75 Å². The summed E-state index contributed by atoms with van der Waals surface area (Å²) in [4.78, 5) is 11.8. The van der Waals surface area contributed by atoms with Gasteiger partial charge in [0.25, 0.3) is 0 Å². The molecule has 126 valence electrons. The summed E-state index contributed by atoms with van der Waals surface area (Å²) in [5.74, 6) is 0.477. The summed E-state index contributed by atoms with van der Waals surface area (Å²) in [6.07, 6.45) is 7.04. The lowest BCUT2D eigenvalue weighted by Gasteiger charge is -2.22. The van der Waals surface area contributed by atoms with Crippen LogP contribution in [0.4, 0.5) is 4.79 Å². The van der Waals surface area contributed by atoms with Crippen LogP contribution < -0.4 is 20.2 Å². The van der Waals surface area contributed by atoms with E-state index in [2.05, 4.69) is 15.8 Å². The number of nitrogens with one attached hydrogen (secondary N) is 2. The number of amides is 2. The molecule has 1 aliphatic rings. The second-order valence-electron chi connectivity index (χ2n) is 5.45. The molecule has 7 nitrogen and oxygen atoms in total. The smallest absolute Gasteiger partial charge is 0.335 e. The number of ether oxygens (including phenoxy) is 2. The van der Waals surface area contributed by atoms with E-state index in [1.165, 1.54) is 26.9 Å². The van der Waals surface area contributed by atoms with E-state index in [9.17, 15) is 9.90 Å². The molecular formula is C16H23N3O4. The maximum atomic E-state index is 11.8. The number of carbonyl (C=O) groups excluding carboxylic acids is 1. The van der Waals surface area contributed by atoms with Crippen molar-refractivity contribution < 1.29 is 19.4 Å². The predicted octanol–water partition coefficient (Wildman–Crippen LogP) is 2.38. The highest BCUT2D eigenvalue weighted by Crippen LogP contribution is 2.36. The lowest BCUT2D eigenvalue weighted by atomic mass is 9.96. The first-order valence-corrected chi connectivity index (χ1v) is 7.68. The highest BCUT2D eigenvalue weighted by atomic mass is 16.5. The first-order chi connectivity index (χ1) is 11.1. The Morgan fingerprint density at radius 3 is 2.39 bits per heavy atom. The number of hydrazone groups is 1. The Labute approximate surface area is 135 Å². The van der Waals surface area contributed by atoms with Gasteiger partial charge < -0.3 is 19.9 Å². The number of hydrogen-bond donors (Lipinski definition) is 3. The van der Waals surface area contributed by atoms with Crippen LogP contribution >= 0.6 is 0 Å². The van der Waals surface area contributed by atoms with Crippen LogP contribution in [0.1, 0.15) is 37.7 Å². The van der Waals surface area contributed by atoms with Crippen molar-refractivity contribution >= 4 is 12.2 Å². The molecule has 1 aliphatic carbocycles. The van der Waals surface area contributed by atoms with Crippen molar-refractivity contribution in [3.8, 4) is 17.2 Å². The number of carbonyl (C=O) groups is 1. The molecule has 0 heterocycles. The van der Waals surface area contributed by atoms with E-state index < -0.39 is 0 Å². The Bertz CT molecular complexity index is 543. The van der Waals surface area contributed by atoms with Gasteiger partial charge in [-0.15, -0.1) is 0 Å². The molecule has 0 aliphatic heterocycles. The monoisotopic (exact) mass is 321 g/mol. The fraction of sp³-hybridized carbons (Fsp3) is 0.500. The zero-order chi connectivity index (χ0) is 16.7. The molecule has 0 aromatic heterocycles. The molecule has 1 saturated carbocycles. The molecule has 1 aromatic rings. The Hall–Kier alpha value is -2.44. The van der Waals surface area contributed by atoms with Gasteiger partial charge in [-0.1, -0.05) is 19.3 Å². The molecule has 0 atom stereocenters. The van der Waals surface area contributed by atoms with Crippen molar-refractivity contribution in [3.05, 3.63) is 17.7 Å². The summed E-state index contributed by atoms with van der Waals surface area (Å²) >= 11 is 0. The van der Waals surface area contributed by atoms with E-state index in [1.807, 2.05) is 0 Å². The standard InChI is InChI=1S/C16H23N3O4/c1-22-13-8-11(9-14(23-2)15(13)20)10-17-19-16(21)18-12-6-4-3-5-7-12/h8-10,12,20H,3-7H2,1-2H3,(H2,18,19,21). The van der Waals surface area contributed by atoms with Crippen LogP contribution in [0.5, 0.6) is 17.2 Å². The molecule has 0 bridgehead atoms. The van der Waals surface area contributed by atoms with Crippen molar-refractivity contribution in [1.29, 1.82) is 0 Å². The fourth-order valence-electron chi connectivity index (χ4n) is 2.62. The van der Waals surface area contributed by atoms with Gasteiger partial charge in [-0.3, -0.25) is 0 Å². The third kappa shape index (κ3) is 4.77. The summed E-state index contributed by atoms with van der Waals surface area (Å²) in [6, 6.07) is 3.11. The Morgan fingerprint density at radius 1 is 1.22 bits per heavy atom. The Kier molecular flexibility index (Phi) is 6.08. The predicted molar refractivity (Wildman–Crippen MR) is 87.3 cm³/mol. The molecule has 2 rings (SSSR count). The molecule has 0 radical (unpaired) electrons. The third-order valence-corrected chi connectivity index (χ3v) is 3.82. The molecule has 1 fully saturated rings. The van der Waals surface area contributed by atoms with E-state index in [0.29, 0.717) is 5.56 Å². The van der Waals surface area contributed by atoms with Crippen LogP contribution in [0.25, 0.3) is 0 Å². The fourth-order valence-corrected chi connectivity index (χ4v) is 2.62. The number of benzene rings is 1. The van der Waals surface area contributed by atoms with Crippen LogP contribution in [-0.4, -0.2) is 37.6 Å². The number of rotatable bonds is 5. The largest absolute Gasteiger partial charge is 0.502 e. The quantitative estimate of drug-likeness (QED) is 0.573. The highest BCUT2D eigenvalue weighted by Gasteiger charge is 2.15. The van der Waals surface area contributed by atoms with Crippen molar-refractivity contribution in [2.24, 2.45) is 5.10 Å². The van der Waals surface area contributed by atoms with Crippen LogP contribution in [0.3, 0.4) is 0 Å². The van der Waals surface area contributed by atoms with Gasteiger partial charge in [0.05, 0.1) is 20.4 Å². The number of nitrogens with zero attached hydrogens (tertiary/aromatic N) is 1. The molecule has 2 amide bonds. The second kappa shape index (κ2) is 8.26. The SMILES string of the molecule is COc1cc(C=NNC(=O)NC2CCCCC2)cc(OC)c1O. The minimum atomic E-state index is -0.314. The highest BCUT2D eigenvalue weighted by molar-refractivity contribution is 5.84. The first-order valence-electron chi connectivity index (χ1n) is 7.68. The Morgan fingerprint density at radius 2 is 1.83 bits per heavy atom. The topological polar surface area (TPSA) is 92.2 Å². The maximum absolute atomic E-state index is 11.8. The first kappa shape index (κ1) is 16.9. The number of urea groups is 1. The van der Waals surface area contributed by atoms with Gasteiger partial charge in [-0.05, 0) is 25.0 Å². The molecule has 0 saturated heterocycles. The number of aromatic hydroxyl groups is 1. The summed E-state index contributed by atoms with van der Waals surface area (Å²) in [5, 5.41) is 16.6. The molecule has 0 unspecified atom stereocenters. The molecule has 1 aromatic carbocycles. The van der Waals surface area contributed by atoms with Crippen LogP contribution in [0, 0.1) is 0 Å². The summed E-state index contributed by atoms with van der Waals surface area (Å²) in [7, 11) is 2.90. The summed E-state index contributed by atoms with van der Waals surface area (Å²) in [6.45, 7) is 0. The zero-order valence-electron chi connectivity index (χ0n) is 13.5. The van der Waals surface area contributed by atoms with Gasteiger partial charge in [0.1, 0.15) is 0 Å². The number of hydrogen-bond acceptors (Lipinski definition) is 5. The third-order valence-electron chi connectivity index (χ3n) is 3.82. The van der Waals surface area contributed by atoms with Crippen molar-refractivity contribution in [2.75, 3.05) is 14.2 Å². The minimum Gasteiger partial charge on any atom is -0.502 e. The van der Waals surface area contributed by atoms with Gasteiger partial charge in [0, 0.05) is 11.6 Å². The van der Waals surface area contributed by atoms with Crippen LogP contribution in [0.2, 0.25) is 0 Å². The van der Waals surface area contributed by atoms with Gasteiger partial charge in [-0.2, -0.15) is 5.10 Å². The van der Waals surface area contributed by atoms with Gasteiger partial charge in [-0.25, -0.2) is 10.2 Å². The number of methoxy groups -OCH3 is 2. The van der Waals surface area contributed by atoms with Crippen molar-refractivity contribution in [2.45, 2.75) is 38.1 Å². The van der Waals surface area contributed by atoms with Crippen molar-refractivity contribution in [1.82, 2.24) is 10.7 Å². The van der Waals surface area contributed by atoms with Gasteiger partial charge >= 0.3 is 6.03 Å². The number of phenolic OH excluding ortho intramolecular Hbond substituents is 1. The van der Waals surface area contributed by atoms with Crippen LogP contribution in [-0.2, 0) is 0 Å². The molecule has 23 heavy (non-hydrogen) atoms. The normalized spacial score (nSPS) is 15.4. The summed E-state index contributed by atoms with van der Waals surface area (Å²) < 4.78 is 10.1. The van der Waals surface area contributed by atoms with E-state index in [1.54, 1.807) is 12.1 Å². The van der Waals surface area contributed by atoms with E-state index >= 15 is 0 Å². The molecule has 3 N–H and O–H groups in total. The molecule has 0 spiro atoms. The average molecular weight is 321 g/mol. The zero-order valence-corrected chi connectivity index (χ0v) is 13.5. The lowest BCUT2D eigenvalue weighted by molar-refractivity contribution is 0.233. The van der Waals surface area contributed by atoms with E-state index in [0.717, 1.165) is 25.7 Å². The Balaban J connectivity index is 1.93.